The van der Waals surface area contributed by atoms with Crippen molar-refractivity contribution in [2.75, 3.05) is 11.9 Å². The molecule has 1 aromatic heterocycles. The van der Waals surface area contributed by atoms with E-state index in [1.165, 1.54) is 17.8 Å². The van der Waals surface area contributed by atoms with E-state index in [0.717, 1.165) is 17.7 Å². The molecule has 0 aliphatic heterocycles. The number of anilines is 1. The van der Waals surface area contributed by atoms with Crippen LogP contribution in [0.5, 0.6) is 0 Å². The van der Waals surface area contributed by atoms with E-state index in [9.17, 15) is 18.4 Å². The van der Waals surface area contributed by atoms with Crippen molar-refractivity contribution in [2.24, 2.45) is 0 Å². The van der Waals surface area contributed by atoms with Gasteiger partial charge in [-0.15, -0.1) is 6.58 Å². The summed E-state index contributed by atoms with van der Waals surface area (Å²) in [5.41, 5.74) is 1.32. The summed E-state index contributed by atoms with van der Waals surface area (Å²) in [6.07, 6.45) is -2.76. The summed E-state index contributed by atoms with van der Waals surface area (Å²) in [6.45, 7) is 4.05. The van der Waals surface area contributed by atoms with Gasteiger partial charge in [0.05, 0.1) is 11.3 Å². The lowest BCUT2D eigenvalue weighted by Gasteiger charge is -2.12. The molecule has 0 saturated heterocycles. The van der Waals surface area contributed by atoms with E-state index in [0.29, 0.717) is 34.3 Å². The number of nitrogens with zero attached hydrogens (tertiary/aromatic N) is 3. The van der Waals surface area contributed by atoms with E-state index in [1.54, 1.807) is 12.1 Å². The van der Waals surface area contributed by atoms with Crippen molar-refractivity contribution in [1.82, 2.24) is 9.97 Å². The molecule has 0 fully saturated rings. The minimum atomic E-state index is -4.39. The highest BCUT2D eigenvalue weighted by Gasteiger charge is 2.30. The van der Waals surface area contributed by atoms with Crippen LogP contribution in [0.4, 0.5) is 19.0 Å². The van der Waals surface area contributed by atoms with Crippen molar-refractivity contribution in [3.63, 3.8) is 0 Å². The second-order valence-corrected chi connectivity index (χ2v) is 7.16. The molecule has 1 N–H and O–H groups in total. The summed E-state index contributed by atoms with van der Waals surface area (Å²) in [5, 5.41) is 13.1. The van der Waals surface area contributed by atoms with Gasteiger partial charge in [0, 0.05) is 17.9 Å². The number of rotatable bonds is 7. The molecule has 3 rings (SSSR count). The third kappa shape index (κ3) is 5.19. The van der Waals surface area contributed by atoms with Crippen LogP contribution in [0.1, 0.15) is 16.7 Å². The maximum Gasteiger partial charge on any atom is 0.416 e. The van der Waals surface area contributed by atoms with Crippen LogP contribution in [0.3, 0.4) is 0 Å². The van der Waals surface area contributed by atoms with Crippen molar-refractivity contribution in [3.8, 4) is 17.3 Å². The highest BCUT2D eigenvalue weighted by Crippen LogP contribution is 2.32. The van der Waals surface area contributed by atoms with Crippen LogP contribution in [-0.2, 0) is 11.9 Å². The summed E-state index contributed by atoms with van der Waals surface area (Å²) in [4.78, 5) is 8.91. The molecular weight excluding hydrogens is 409 g/mol. The Balaban J connectivity index is 1.95. The Bertz CT molecular complexity index is 1080. The molecule has 4 nitrogen and oxygen atoms in total. The molecular formula is C22H17F3N4S. The van der Waals surface area contributed by atoms with Crippen molar-refractivity contribution >= 4 is 17.6 Å². The zero-order valence-electron chi connectivity index (χ0n) is 15.8. The molecule has 3 aromatic rings. The first kappa shape index (κ1) is 21.4. The lowest BCUT2D eigenvalue weighted by Crippen LogP contribution is -2.07. The van der Waals surface area contributed by atoms with Gasteiger partial charge in [-0.1, -0.05) is 66.4 Å². The predicted molar refractivity (Wildman–Crippen MR) is 112 cm³/mol. The van der Waals surface area contributed by atoms with Crippen molar-refractivity contribution < 1.29 is 13.2 Å². The van der Waals surface area contributed by atoms with Crippen LogP contribution >= 0.6 is 11.8 Å². The number of nitrogens with one attached hydrogen (secondary N) is 1. The fourth-order valence-corrected chi connectivity index (χ4v) is 3.48. The molecule has 0 spiro atoms. The predicted octanol–water partition coefficient (Wildman–Crippen LogP) is 5.92. The van der Waals surface area contributed by atoms with E-state index in [-0.39, 0.29) is 5.75 Å². The Morgan fingerprint density at radius 2 is 1.87 bits per heavy atom. The zero-order chi connectivity index (χ0) is 21.6. The average Bonchev–Trinajstić information content (AvgIpc) is 2.76. The fraction of sp³-hybridized carbons (Fsp3) is 0.136. The molecule has 0 atom stereocenters. The third-order valence-electron chi connectivity index (χ3n) is 4.08. The topological polar surface area (TPSA) is 61.6 Å². The highest BCUT2D eigenvalue weighted by atomic mass is 32.2. The number of benzene rings is 2. The smallest absolute Gasteiger partial charge is 0.365 e. The molecule has 1 heterocycles. The first-order valence-electron chi connectivity index (χ1n) is 8.93. The van der Waals surface area contributed by atoms with Gasteiger partial charge < -0.3 is 5.32 Å². The molecule has 0 saturated carbocycles. The summed E-state index contributed by atoms with van der Waals surface area (Å²) < 4.78 is 38.8. The van der Waals surface area contributed by atoms with E-state index in [4.69, 9.17) is 0 Å². The van der Waals surface area contributed by atoms with Gasteiger partial charge in [-0.05, 0) is 11.6 Å². The third-order valence-corrected chi connectivity index (χ3v) is 5.00. The van der Waals surface area contributed by atoms with Gasteiger partial charge in [-0.3, -0.25) is 0 Å². The SMILES string of the molecule is C=CCNc1nc(SCc2cccc(C(F)(F)F)c2)nc(-c2ccccc2)c1C#N. The van der Waals surface area contributed by atoms with Crippen molar-refractivity contribution in [3.05, 3.63) is 83.9 Å². The van der Waals surface area contributed by atoms with E-state index in [1.807, 2.05) is 30.3 Å². The average molecular weight is 426 g/mol. The lowest BCUT2D eigenvalue weighted by molar-refractivity contribution is -0.137. The number of halogens is 3. The van der Waals surface area contributed by atoms with Crippen LogP contribution in [0, 0.1) is 11.3 Å². The number of aromatic nitrogens is 2. The van der Waals surface area contributed by atoms with Gasteiger partial charge in [0.2, 0.25) is 0 Å². The largest absolute Gasteiger partial charge is 0.416 e. The van der Waals surface area contributed by atoms with E-state index < -0.39 is 11.7 Å². The Hall–Kier alpha value is -3.31. The number of nitriles is 1. The minimum Gasteiger partial charge on any atom is -0.365 e. The van der Waals surface area contributed by atoms with Gasteiger partial charge in [-0.25, -0.2) is 9.97 Å². The van der Waals surface area contributed by atoms with E-state index >= 15 is 0 Å². The van der Waals surface area contributed by atoms with Crippen LogP contribution < -0.4 is 5.32 Å². The van der Waals surface area contributed by atoms with E-state index in [2.05, 4.69) is 27.9 Å². The zero-order valence-corrected chi connectivity index (χ0v) is 16.6. The fourth-order valence-electron chi connectivity index (χ4n) is 2.70. The number of hydrogen-bond donors (Lipinski definition) is 1. The molecule has 0 amide bonds. The Morgan fingerprint density at radius 1 is 1.10 bits per heavy atom. The minimum absolute atomic E-state index is 0.255. The molecule has 0 radical (unpaired) electrons. The van der Waals surface area contributed by atoms with Gasteiger partial charge in [0.1, 0.15) is 17.5 Å². The monoisotopic (exact) mass is 426 g/mol. The van der Waals surface area contributed by atoms with Crippen molar-refractivity contribution in [2.45, 2.75) is 17.1 Å². The van der Waals surface area contributed by atoms with Gasteiger partial charge in [0.15, 0.2) is 5.16 Å². The Kier molecular flexibility index (Phi) is 6.75. The maximum atomic E-state index is 12.9. The maximum absolute atomic E-state index is 12.9. The molecule has 30 heavy (non-hydrogen) atoms. The Labute approximate surface area is 176 Å². The van der Waals surface area contributed by atoms with Gasteiger partial charge in [-0.2, -0.15) is 18.4 Å². The van der Waals surface area contributed by atoms with Crippen LogP contribution in [-0.4, -0.2) is 16.5 Å². The molecule has 152 valence electrons. The number of hydrogen-bond acceptors (Lipinski definition) is 5. The van der Waals surface area contributed by atoms with Crippen LogP contribution in [0.2, 0.25) is 0 Å². The summed E-state index contributed by atoms with van der Waals surface area (Å²) >= 11 is 1.20. The highest BCUT2D eigenvalue weighted by molar-refractivity contribution is 7.98. The van der Waals surface area contributed by atoms with Crippen LogP contribution in [0.15, 0.2) is 72.4 Å². The summed E-state index contributed by atoms with van der Waals surface area (Å²) in [5.74, 6) is 0.614. The van der Waals surface area contributed by atoms with Crippen LogP contribution in [0.25, 0.3) is 11.3 Å². The number of alkyl halides is 3. The summed E-state index contributed by atoms with van der Waals surface area (Å²) in [7, 11) is 0. The number of thioether (sulfide) groups is 1. The first-order chi connectivity index (χ1) is 14.4. The first-order valence-corrected chi connectivity index (χ1v) is 9.92. The van der Waals surface area contributed by atoms with Gasteiger partial charge >= 0.3 is 6.18 Å². The molecule has 0 bridgehead atoms. The molecule has 2 aromatic carbocycles. The van der Waals surface area contributed by atoms with Gasteiger partial charge in [0.25, 0.3) is 0 Å². The van der Waals surface area contributed by atoms with Crippen molar-refractivity contribution in [1.29, 1.82) is 5.26 Å². The quantitative estimate of drug-likeness (QED) is 0.288. The standard InChI is InChI=1S/C22H17F3N4S/c1-2-11-27-20-18(13-26)19(16-8-4-3-5-9-16)28-21(29-20)30-14-15-7-6-10-17(12-15)22(23,24)25/h2-10,12H,1,11,14H2,(H,27,28,29). The molecule has 0 unspecified atom stereocenters. The molecule has 8 heteroatoms. The molecule has 0 aliphatic rings. The summed E-state index contributed by atoms with van der Waals surface area (Å²) in [6, 6.07) is 16.5. The Morgan fingerprint density at radius 3 is 2.53 bits per heavy atom. The second kappa shape index (κ2) is 9.46. The second-order valence-electron chi connectivity index (χ2n) is 6.21. The normalized spacial score (nSPS) is 11.0. The molecule has 0 aliphatic carbocycles. The lowest BCUT2D eigenvalue weighted by atomic mass is 10.1.